The number of piperazine rings is 1. The molecule has 0 N–H and O–H groups in total. The van der Waals surface area contributed by atoms with Crippen LogP contribution in [0.2, 0.25) is 0 Å². The van der Waals surface area contributed by atoms with Gasteiger partial charge in [-0.05, 0) is 48.5 Å². The summed E-state index contributed by atoms with van der Waals surface area (Å²) in [6, 6.07) is 3.78. The lowest BCUT2D eigenvalue weighted by Crippen LogP contribution is -2.50. The molecule has 1 saturated heterocycles. The van der Waals surface area contributed by atoms with Crippen LogP contribution in [0, 0.1) is 17.8 Å². The Hall–Kier alpha value is -1.36. The fraction of sp³-hybridized carbons (Fsp3) is 0.667. The largest absolute Gasteiger partial charge is 0.339 e. The first-order valence-electron chi connectivity index (χ1n) is 8.81. The molecule has 0 spiro atoms. The molecule has 2 heterocycles. The molecule has 1 aliphatic heterocycles. The maximum Gasteiger partial charge on any atom is 0.264 e. The van der Waals surface area contributed by atoms with Gasteiger partial charge in [-0.2, -0.15) is 0 Å². The summed E-state index contributed by atoms with van der Waals surface area (Å²) in [6.45, 7) is 2.71. The number of rotatable bonds is 3. The van der Waals surface area contributed by atoms with Crippen molar-refractivity contribution in [2.75, 3.05) is 26.2 Å². The lowest BCUT2D eigenvalue weighted by molar-refractivity contribution is -0.134. The summed E-state index contributed by atoms with van der Waals surface area (Å²) in [7, 11) is 0. The normalized spacial score (nSPS) is 30.0. The van der Waals surface area contributed by atoms with E-state index in [1.165, 1.54) is 37.0 Å². The average molecular weight is 332 g/mol. The Kier molecular flexibility index (Phi) is 4.14. The van der Waals surface area contributed by atoms with Gasteiger partial charge in [0.1, 0.15) is 0 Å². The van der Waals surface area contributed by atoms with E-state index >= 15 is 0 Å². The molecule has 1 aromatic heterocycles. The fourth-order valence-corrected chi connectivity index (χ4v) is 5.39. The smallest absolute Gasteiger partial charge is 0.264 e. The molecule has 2 amide bonds. The summed E-state index contributed by atoms with van der Waals surface area (Å²) >= 11 is 1.49. The van der Waals surface area contributed by atoms with Crippen LogP contribution in [0.5, 0.6) is 0 Å². The van der Waals surface area contributed by atoms with Crippen molar-refractivity contribution in [1.82, 2.24) is 9.80 Å². The topological polar surface area (TPSA) is 40.6 Å². The number of carbonyl (C=O) groups is 2. The highest BCUT2D eigenvalue weighted by Crippen LogP contribution is 2.49. The molecule has 5 heteroatoms. The highest BCUT2D eigenvalue weighted by Gasteiger charge is 2.40. The lowest BCUT2D eigenvalue weighted by atomic mass is 9.86. The van der Waals surface area contributed by atoms with Crippen LogP contribution in [-0.2, 0) is 4.79 Å². The molecule has 23 heavy (non-hydrogen) atoms. The van der Waals surface area contributed by atoms with Crippen molar-refractivity contribution in [3.8, 4) is 0 Å². The van der Waals surface area contributed by atoms with Gasteiger partial charge in [0.15, 0.2) is 0 Å². The molecule has 3 atom stereocenters. The SMILES string of the molecule is O=C(CC1CC2CCC1C2)N1CCN(C(=O)c2cccs2)CC1. The molecule has 3 aliphatic rings. The zero-order chi connectivity index (χ0) is 15.8. The van der Waals surface area contributed by atoms with Gasteiger partial charge in [0.05, 0.1) is 4.88 Å². The molecule has 4 nitrogen and oxygen atoms in total. The number of thiophene rings is 1. The number of carbonyl (C=O) groups excluding carboxylic acids is 2. The Morgan fingerprint density at radius 1 is 1.09 bits per heavy atom. The lowest BCUT2D eigenvalue weighted by Gasteiger charge is -2.35. The van der Waals surface area contributed by atoms with Gasteiger partial charge in [0.25, 0.3) is 5.91 Å². The third kappa shape index (κ3) is 3.03. The Morgan fingerprint density at radius 3 is 2.48 bits per heavy atom. The summed E-state index contributed by atoms with van der Waals surface area (Å²) < 4.78 is 0. The highest BCUT2D eigenvalue weighted by atomic mass is 32.1. The van der Waals surface area contributed by atoms with Crippen molar-refractivity contribution < 1.29 is 9.59 Å². The summed E-state index contributed by atoms with van der Waals surface area (Å²) in [4.78, 5) is 29.6. The Labute approximate surface area is 141 Å². The zero-order valence-electron chi connectivity index (χ0n) is 13.4. The number of hydrogen-bond acceptors (Lipinski definition) is 3. The van der Waals surface area contributed by atoms with Crippen molar-refractivity contribution in [3.05, 3.63) is 22.4 Å². The first-order chi connectivity index (χ1) is 11.2. The second-order valence-electron chi connectivity index (χ2n) is 7.29. The second-order valence-corrected chi connectivity index (χ2v) is 8.24. The van der Waals surface area contributed by atoms with Crippen LogP contribution in [0.1, 0.15) is 41.8 Å². The number of amides is 2. The Balaban J connectivity index is 1.28. The fourth-order valence-electron chi connectivity index (χ4n) is 4.69. The molecule has 3 unspecified atom stereocenters. The van der Waals surface area contributed by atoms with E-state index in [1.807, 2.05) is 27.3 Å². The second kappa shape index (κ2) is 6.27. The first kappa shape index (κ1) is 15.2. The molecule has 2 saturated carbocycles. The molecule has 3 fully saturated rings. The van der Waals surface area contributed by atoms with Crippen LogP contribution in [-0.4, -0.2) is 47.8 Å². The molecule has 124 valence electrons. The number of hydrogen-bond donors (Lipinski definition) is 0. The maximum atomic E-state index is 12.6. The minimum atomic E-state index is 0.111. The predicted octanol–water partition coefficient (Wildman–Crippen LogP) is 2.86. The molecule has 2 aliphatic carbocycles. The summed E-state index contributed by atoms with van der Waals surface area (Å²) in [5.74, 6) is 2.77. The highest BCUT2D eigenvalue weighted by molar-refractivity contribution is 7.12. The van der Waals surface area contributed by atoms with Gasteiger partial charge < -0.3 is 9.80 Å². The van der Waals surface area contributed by atoms with Gasteiger partial charge in [0.2, 0.25) is 5.91 Å². The Bertz CT molecular complexity index is 578. The van der Waals surface area contributed by atoms with Gasteiger partial charge in [-0.15, -0.1) is 11.3 Å². The molecular formula is C18H24N2O2S. The molecule has 1 aromatic rings. The van der Waals surface area contributed by atoms with Crippen molar-refractivity contribution in [3.63, 3.8) is 0 Å². The minimum absolute atomic E-state index is 0.111. The van der Waals surface area contributed by atoms with E-state index in [0.29, 0.717) is 38.0 Å². The van der Waals surface area contributed by atoms with Crippen molar-refractivity contribution in [2.24, 2.45) is 17.8 Å². The standard InChI is InChI=1S/C18H24N2O2S/c21-17(12-15-11-13-3-4-14(15)10-13)19-5-7-20(8-6-19)18(22)16-2-1-9-23-16/h1-2,9,13-15H,3-8,10-12H2. The molecule has 2 bridgehead atoms. The maximum absolute atomic E-state index is 12.6. The van der Waals surface area contributed by atoms with Gasteiger partial charge >= 0.3 is 0 Å². The van der Waals surface area contributed by atoms with E-state index in [4.69, 9.17) is 0 Å². The van der Waals surface area contributed by atoms with Crippen molar-refractivity contribution >= 4 is 23.2 Å². The van der Waals surface area contributed by atoms with E-state index in [-0.39, 0.29) is 5.91 Å². The van der Waals surface area contributed by atoms with Gasteiger partial charge in [-0.1, -0.05) is 12.5 Å². The number of nitrogens with zero attached hydrogens (tertiary/aromatic N) is 2. The van der Waals surface area contributed by atoms with Crippen LogP contribution >= 0.6 is 11.3 Å². The molecule has 4 rings (SSSR count). The van der Waals surface area contributed by atoms with E-state index in [9.17, 15) is 9.59 Å². The van der Waals surface area contributed by atoms with Gasteiger partial charge in [-0.3, -0.25) is 9.59 Å². The monoisotopic (exact) mass is 332 g/mol. The van der Waals surface area contributed by atoms with E-state index < -0.39 is 0 Å². The van der Waals surface area contributed by atoms with Gasteiger partial charge in [0, 0.05) is 32.6 Å². The molecule has 0 aromatic carbocycles. The van der Waals surface area contributed by atoms with E-state index in [1.54, 1.807) is 0 Å². The first-order valence-corrected chi connectivity index (χ1v) is 9.69. The van der Waals surface area contributed by atoms with Crippen molar-refractivity contribution in [2.45, 2.75) is 32.1 Å². The van der Waals surface area contributed by atoms with Crippen LogP contribution in [0.15, 0.2) is 17.5 Å². The van der Waals surface area contributed by atoms with Crippen LogP contribution < -0.4 is 0 Å². The molecule has 0 radical (unpaired) electrons. The van der Waals surface area contributed by atoms with E-state index in [2.05, 4.69) is 0 Å². The zero-order valence-corrected chi connectivity index (χ0v) is 14.3. The van der Waals surface area contributed by atoms with Crippen LogP contribution in [0.3, 0.4) is 0 Å². The third-order valence-electron chi connectivity index (χ3n) is 5.97. The average Bonchev–Trinajstić information content (AvgIpc) is 3.32. The summed E-state index contributed by atoms with van der Waals surface area (Å²) in [6.07, 6.45) is 6.10. The van der Waals surface area contributed by atoms with Crippen LogP contribution in [0.25, 0.3) is 0 Å². The van der Waals surface area contributed by atoms with Crippen molar-refractivity contribution in [1.29, 1.82) is 0 Å². The minimum Gasteiger partial charge on any atom is -0.339 e. The molecular weight excluding hydrogens is 308 g/mol. The summed E-state index contributed by atoms with van der Waals surface area (Å²) in [5.41, 5.74) is 0. The Morgan fingerprint density at radius 2 is 1.87 bits per heavy atom. The van der Waals surface area contributed by atoms with Gasteiger partial charge in [-0.25, -0.2) is 0 Å². The van der Waals surface area contributed by atoms with E-state index in [0.717, 1.165) is 23.1 Å². The predicted molar refractivity (Wildman–Crippen MR) is 90.4 cm³/mol. The number of fused-ring (bicyclic) bond motifs is 2. The third-order valence-corrected chi connectivity index (χ3v) is 6.83. The van der Waals surface area contributed by atoms with Crippen LogP contribution in [0.4, 0.5) is 0 Å². The summed E-state index contributed by atoms with van der Waals surface area (Å²) in [5, 5.41) is 1.93. The quantitative estimate of drug-likeness (QED) is 0.854.